The van der Waals surface area contributed by atoms with Crippen molar-refractivity contribution in [1.82, 2.24) is 0 Å². The van der Waals surface area contributed by atoms with Gasteiger partial charge in [-0.2, -0.15) is 0 Å². The summed E-state index contributed by atoms with van der Waals surface area (Å²) in [6.45, 7) is 9.41. The van der Waals surface area contributed by atoms with E-state index in [0.29, 0.717) is 11.1 Å². The Bertz CT molecular complexity index is 711. The maximum Gasteiger partial charge on any atom is 0.251 e. The first-order valence-electron chi connectivity index (χ1n) is 8.14. The zero-order valence-corrected chi connectivity index (χ0v) is 15.2. The Morgan fingerprint density at radius 2 is 1.00 bits per heavy atom. The second kappa shape index (κ2) is 11.2. The minimum atomic E-state index is -0.200. The maximum atomic E-state index is 12.1. The van der Waals surface area contributed by atoms with Crippen molar-refractivity contribution in [2.75, 3.05) is 10.6 Å². The predicted molar refractivity (Wildman–Crippen MR) is 109 cm³/mol. The van der Waals surface area contributed by atoms with Gasteiger partial charge in [0.2, 0.25) is 0 Å². The van der Waals surface area contributed by atoms with Crippen molar-refractivity contribution >= 4 is 23.2 Å². The van der Waals surface area contributed by atoms with Crippen LogP contribution in [0.1, 0.15) is 13.8 Å². The average molecular weight is 348 g/mol. The number of para-hydroxylation sites is 2. The van der Waals surface area contributed by atoms with E-state index in [-0.39, 0.29) is 11.8 Å². The van der Waals surface area contributed by atoms with Gasteiger partial charge in [0.1, 0.15) is 0 Å². The van der Waals surface area contributed by atoms with Crippen molar-refractivity contribution in [1.29, 1.82) is 0 Å². The van der Waals surface area contributed by atoms with Crippen molar-refractivity contribution in [3.05, 3.63) is 97.1 Å². The predicted octanol–water partition coefficient (Wildman–Crippen LogP) is 4.96. The average Bonchev–Trinajstić information content (AvgIpc) is 2.68. The van der Waals surface area contributed by atoms with Crippen LogP contribution in [-0.4, -0.2) is 11.8 Å². The van der Waals surface area contributed by atoms with Gasteiger partial charge in [-0.3, -0.25) is 9.59 Å². The summed E-state index contributed by atoms with van der Waals surface area (Å²) in [5.74, 6) is -0.401. The summed E-state index contributed by atoms with van der Waals surface area (Å²) < 4.78 is 0. The van der Waals surface area contributed by atoms with Gasteiger partial charge in [0, 0.05) is 22.5 Å². The van der Waals surface area contributed by atoms with Crippen LogP contribution in [0.25, 0.3) is 0 Å². The highest BCUT2D eigenvalue weighted by Gasteiger charge is 2.06. The molecule has 0 saturated carbocycles. The van der Waals surface area contributed by atoms with Crippen molar-refractivity contribution in [2.24, 2.45) is 0 Å². The fraction of sp³-hybridized carbons (Fsp3) is 0.0909. The third kappa shape index (κ3) is 7.01. The lowest BCUT2D eigenvalue weighted by molar-refractivity contribution is -0.113. The highest BCUT2D eigenvalue weighted by atomic mass is 16.2. The topological polar surface area (TPSA) is 58.2 Å². The molecular weight excluding hydrogens is 324 g/mol. The Kier molecular flexibility index (Phi) is 8.90. The maximum absolute atomic E-state index is 12.1. The molecule has 2 amide bonds. The van der Waals surface area contributed by atoms with Gasteiger partial charge < -0.3 is 10.6 Å². The molecule has 0 atom stereocenters. The molecule has 4 nitrogen and oxygen atoms in total. The van der Waals surface area contributed by atoms with Crippen LogP contribution in [0.3, 0.4) is 0 Å². The van der Waals surface area contributed by atoms with Gasteiger partial charge in [-0.15, -0.1) is 13.2 Å². The van der Waals surface area contributed by atoms with Gasteiger partial charge in [-0.05, 0) is 38.1 Å². The Hall–Kier alpha value is -3.40. The van der Waals surface area contributed by atoms with E-state index in [1.54, 1.807) is 26.0 Å². The van der Waals surface area contributed by atoms with Gasteiger partial charge in [0.05, 0.1) is 0 Å². The molecule has 0 spiro atoms. The minimum absolute atomic E-state index is 0.200. The highest BCUT2D eigenvalue weighted by Crippen LogP contribution is 2.09. The largest absolute Gasteiger partial charge is 0.322 e. The SMILES string of the molecule is C/C(=C\C=C(/C)C(=O)Nc1ccccc1)C(=O)Nc1ccccc1.C=C. The second-order valence-corrected chi connectivity index (χ2v) is 5.34. The van der Waals surface area contributed by atoms with E-state index in [0.717, 1.165) is 11.4 Å². The first-order valence-corrected chi connectivity index (χ1v) is 8.14. The normalized spacial score (nSPS) is 11.0. The molecule has 2 rings (SSSR count). The first kappa shape index (κ1) is 20.6. The molecule has 26 heavy (non-hydrogen) atoms. The van der Waals surface area contributed by atoms with Gasteiger partial charge in [0.25, 0.3) is 11.8 Å². The van der Waals surface area contributed by atoms with E-state index in [9.17, 15) is 9.59 Å². The molecule has 0 unspecified atom stereocenters. The number of carbonyl (C=O) groups excluding carboxylic acids is 2. The summed E-state index contributed by atoms with van der Waals surface area (Å²) in [4.78, 5) is 24.2. The number of nitrogens with one attached hydrogen (secondary N) is 2. The molecule has 2 aromatic rings. The van der Waals surface area contributed by atoms with Crippen LogP contribution in [0, 0.1) is 0 Å². The summed E-state index contributed by atoms with van der Waals surface area (Å²) in [5, 5.41) is 5.59. The molecule has 134 valence electrons. The smallest absolute Gasteiger partial charge is 0.251 e. The van der Waals surface area contributed by atoms with Gasteiger partial charge in [0.15, 0.2) is 0 Å². The zero-order chi connectivity index (χ0) is 19.4. The molecule has 2 N–H and O–H groups in total. The highest BCUT2D eigenvalue weighted by molar-refractivity contribution is 6.05. The Morgan fingerprint density at radius 1 is 0.692 bits per heavy atom. The van der Waals surface area contributed by atoms with Crippen LogP contribution < -0.4 is 10.6 Å². The molecule has 0 fully saturated rings. The molecule has 0 radical (unpaired) electrons. The summed E-state index contributed by atoms with van der Waals surface area (Å²) in [5.41, 5.74) is 2.51. The second-order valence-electron chi connectivity index (χ2n) is 5.34. The van der Waals surface area contributed by atoms with Crippen molar-refractivity contribution in [2.45, 2.75) is 13.8 Å². The quantitative estimate of drug-likeness (QED) is 0.456. The number of hydrogen-bond acceptors (Lipinski definition) is 2. The molecule has 0 aromatic heterocycles. The first-order chi connectivity index (χ1) is 12.6. The number of benzene rings is 2. The molecular formula is C22H24N2O2. The number of rotatable bonds is 5. The zero-order valence-electron chi connectivity index (χ0n) is 15.2. The van der Waals surface area contributed by atoms with E-state index in [1.807, 2.05) is 60.7 Å². The van der Waals surface area contributed by atoms with E-state index in [4.69, 9.17) is 0 Å². The summed E-state index contributed by atoms with van der Waals surface area (Å²) in [6.07, 6.45) is 3.27. The third-order valence-electron chi connectivity index (χ3n) is 3.36. The van der Waals surface area contributed by atoms with E-state index in [2.05, 4.69) is 23.8 Å². The number of amides is 2. The standard InChI is InChI=1S/C20H20N2O2.C2H4/c1-15(19(23)21-17-9-5-3-6-10-17)13-14-16(2)20(24)22-18-11-7-4-8-12-18;1-2/h3-14H,1-2H3,(H,21,23)(H,22,24);1-2H2/b15-13+,16-14+;. The van der Waals surface area contributed by atoms with Gasteiger partial charge >= 0.3 is 0 Å². The van der Waals surface area contributed by atoms with Crippen molar-refractivity contribution < 1.29 is 9.59 Å². The molecule has 0 heterocycles. The molecule has 0 aliphatic carbocycles. The van der Waals surface area contributed by atoms with Crippen LogP contribution in [-0.2, 0) is 9.59 Å². The monoisotopic (exact) mass is 348 g/mol. The van der Waals surface area contributed by atoms with Crippen LogP contribution in [0.15, 0.2) is 97.1 Å². The molecule has 0 aliphatic heterocycles. The van der Waals surface area contributed by atoms with E-state index < -0.39 is 0 Å². The molecule has 4 heteroatoms. The van der Waals surface area contributed by atoms with E-state index in [1.165, 1.54) is 0 Å². The summed E-state index contributed by atoms with van der Waals surface area (Å²) >= 11 is 0. The molecule has 0 aliphatic rings. The fourth-order valence-corrected chi connectivity index (χ4v) is 1.90. The third-order valence-corrected chi connectivity index (χ3v) is 3.36. The van der Waals surface area contributed by atoms with Crippen LogP contribution in [0.5, 0.6) is 0 Å². The lowest BCUT2D eigenvalue weighted by Gasteiger charge is -2.05. The van der Waals surface area contributed by atoms with Gasteiger partial charge in [-0.1, -0.05) is 48.6 Å². The van der Waals surface area contributed by atoms with Crippen LogP contribution in [0.4, 0.5) is 11.4 Å². The number of anilines is 2. The lowest BCUT2D eigenvalue weighted by Crippen LogP contribution is -2.13. The molecule has 0 saturated heterocycles. The number of allylic oxidation sites excluding steroid dienone is 2. The van der Waals surface area contributed by atoms with E-state index >= 15 is 0 Å². The fourth-order valence-electron chi connectivity index (χ4n) is 1.90. The van der Waals surface area contributed by atoms with Crippen LogP contribution in [0.2, 0.25) is 0 Å². The minimum Gasteiger partial charge on any atom is -0.322 e. The lowest BCUT2D eigenvalue weighted by atomic mass is 10.2. The number of hydrogen-bond donors (Lipinski definition) is 2. The number of carbonyl (C=O) groups is 2. The van der Waals surface area contributed by atoms with Gasteiger partial charge in [-0.25, -0.2) is 0 Å². The molecule has 0 bridgehead atoms. The Morgan fingerprint density at radius 3 is 1.31 bits per heavy atom. The Labute approximate surface area is 154 Å². The van der Waals surface area contributed by atoms with Crippen molar-refractivity contribution in [3.63, 3.8) is 0 Å². The molecule has 2 aromatic carbocycles. The summed E-state index contributed by atoms with van der Waals surface area (Å²) in [7, 11) is 0. The Balaban J connectivity index is 0.00000163. The summed E-state index contributed by atoms with van der Waals surface area (Å²) in [6, 6.07) is 18.5. The van der Waals surface area contributed by atoms with Crippen LogP contribution >= 0.6 is 0 Å². The van der Waals surface area contributed by atoms with Crippen molar-refractivity contribution in [3.8, 4) is 0 Å².